The largest absolute Gasteiger partial charge is 0.465 e. The lowest BCUT2D eigenvalue weighted by Crippen LogP contribution is -2.34. The molecule has 0 heterocycles. The summed E-state index contributed by atoms with van der Waals surface area (Å²) in [5.74, 6) is -2.82. The van der Waals surface area contributed by atoms with Gasteiger partial charge in [-0.25, -0.2) is 4.39 Å². The van der Waals surface area contributed by atoms with Crippen LogP contribution in [0.2, 0.25) is 5.02 Å². The first-order valence-electron chi connectivity index (χ1n) is 8.83. The van der Waals surface area contributed by atoms with Crippen molar-refractivity contribution in [1.29, 1.82) is 0 Å². The minimum Gasteiger partial charge on any atom is -0.465 e. The van der Waals surface area contributed by atoms with Gasteiger partial charge in [0.2, 0.25) is 0 Å². The molecule has 0 N–H and O–H groups in total. The molecular formula is C22H20ClFO3. The Kier molecular flexibility index (Phi) is 5.76. The summed E-state index contributed by atoms with van der Waals surface area (Å²) in [6.45, 7) is 3.88. The first-order chi connectivity index (χ1) is 12.9. The van der Waals surface area contributed by atoms with Gasteiger partial charge in [0, 0.05) is 5.92 Å². The van der Waals surface area contributed by atoms with Crippen LogP contribution in [-0.2, 0) is 14.3 Å². The van der Waals surface area contributed by atoms with Crippen LogP contribution in [0.5, 0.6) is 0 Å². The Morgan fingerprint density at radius 1 is 1.22 bits per heavy atom. The monoisotopic (exact) mass is 386 g/mol. The van der Waals surface area contributed by atoms with Crippen LogP contribution in [0.15, 0.2) is 48.5 Å². The molecule has 3 nitrogen and oxygen atoms in total. The topological polar surface area (TPSA) is 43.4 Å². The molecule has 2 atom stereocenters. The molecule has 1 aliphatic rings. The van der Waals surface area contributed by atoms with E-state index in [4.69, 9.17) is 16.3 Å². The molecule has 27 heavy (non-hydrogen) atoms. The average molecular weight is 387 g/mol. The molecule has 5 heteroatoms. The summed E-state index contributed by atoms with van der Waals surface area (Å²) in [6, 6.07) is 12.2. The third-order valence-electron chi connectivity index (χ3n) is 4.80. The molecule has 2 aromatic rings. The second-order valence-electron chi connectivity index (χ2n) is 6.65. The highest BCUT2D eigenvalue weighted by molar-refractivity contribution is 6.30. The van der Waals surface area contributed by atoms with Gasteiger partial charge < -0.3 is 4.74 Å². The van der Waals surface area contributed by atoms with E-state index in [-0.39, 0.29) is 17.4 Å². The number of carbonyl (C=O) groups excluding carboxylic acids is 2. The second-order valence-corrected chi connectivity index (χ2v) is 7.06. The number of benzene rings is 2. The maximum absolute atomic E-state index is 13.6. The molecule has 3 rings (SSSR count). The Labute approximate surface area is 162 Å². The zero-order valence-electron chi connectivity index (χ0n) is 15.2. The Hall–Kier alpha value is -2.46. The summed E-state index contributed by atoms with van der Waals surface area (Å²) in [6.07, 6.45) is 1.98. The lowest BCUT2D eigenvalue weighted by Gasteiger charge is -2.29. The second kappa shape index (κ2) is 8.05. The van der Waals surface area contributed by atoms with Crippen molar-refractivity contribution in [3.8, 4) is 0 Å². The Balaban J connectivity index is 2.04. The summed E-state index contributed by atoms with van der Waals surface area (Å²) in [5.41, 5.74) is 3.53. The lowest BCUT2D eigenvalue weighted by molar-refractivity contribution is -0.151. The van der Waals surface area contributed by atoms with Gasteiger partial charge in [0.15, 0.2) is 5.78 Å². The number of aryl methyl sites for hydroxylation is 1. The Morgan fingerprint density at radius 2 is 1.93 bits per heavy atom. The van der Waals surface area contributed by atoms with Crippen molar-refractivity contribution in [3.05, 3.63) is 76.1 Å². The number of allylic oxidation sites excluding steroid dienone is 2. The van der Waals surface area contributed by atoms with Crippen LogP contribution >= 0.6 is 11.6 Å². The van der Waals surface area contributed by atoms with E-state index in [2.05, 4.69) is 0 Å². The van der Waals surface area contributed by atoms with Crippen LogP contribution in [0.3, 0.4) is 0 Å². The zero-order chi connectivity index (χ0) is 19.6. The van der Waals surface area contributed by atoms with Gasteiger partial charge in [-0.05, 0) is 55.2 Å². The third-order valence-corrected chi connectivity index (χ3v) is 5.09. The predicted molar refractivity (Wildman–Crippen MR) is 103 cm³/mol. The number of hydrogen-bond acceptors (Lipinski definition) is 3. The standard InChI is InChI=1S/C22H20ClFO3/c1-3-27-22(26)21-17(15-8-9-19(24)18(23)11-15)10-16(12-20(21)25)14-6-4-13(2)5-7-14/h4-9,11-12,17,21H,3,10H2,1-2H3/t17-,21-/m0/s1. The van der Waals surface area contributed by atoms with E-state index < -0.39 is 23.6 Å². The van der Waals surface area contributed by atoms with Crippen LogP contribution in [0.1, 0.15) is 36.0 Å². The van der Waals surface area contributed by atoms with Gasteiger partial charge in [-0.2, -0.15) is 0 Å². The average Bonchev–Trinajstić information content (AvgIpc) is 2.64. The number of ketones is 1. The highest BCUT2D eigenvalue weighted by atomic mass is 35.5. The molecule has 0 saturated carbocycles. The van der Waals surface area contributed by atoms with E-state index in [1.54, 1.807) is 13.0 Å². The lowest BCUT2D eigenvalue weighted by atomic mass is 9.73. The zero-order valence-corrected chi connectivity index (χ0v) is 15.9. The highest BCUT2D eigenvalue weighted by Crippen LogP contribution is 2.41. The fourth-order valence-electron chi connectivity index (χ4n) is 3.41. The van der Waals surface area contributed by atoms with E-state index >= 15 is 0 Å². The fraction of sp³-hybridized carbons (Fsp3) is 0.273. The molecule has 0 spiro atoms. The maximum Gasteiger partial charge on any atom is 0.317 e. The first kappa shape index (κ1) is 19.3. The fourth-order valence-corrected chi connectivity index (χ4v) is 3.60. The van der Waals surface area contributed by atoms with Gasteiger partial charge in [-0.3, -0.25) is 9.59 Å². The summed E-state index contributed by atoms with van der Waals surface area (Å²) in [5, 5.41) is -0.0333. The molecule has 0 aromatic heterocycles. The summed E-state index contributed by atoms with van der Waals surface area (Å²) >= 11 is 5.94. The minimum absolute atomic E-state index is 0.0333. The number of halogens is 2. The molecule has 1 aliphatic carbocycles. The van der Waals surface area contributed by atoms with Gasteiger partial charge in [0.05, 0.1) is 11.6 Å². The van der Waals surface area contributed by atoms with E-state index in [1.165, 1.54) is 18.2 Å². The third kappa shape index (κ3) is 4.11. The van der Waals surface area contributed by atoms with Crippen molar-refractivity contribution in [1.82, 2.24) is 0 Å². The summed E-state index contributed by atoms with van der Waals surface area (Å²) < 4.78 is 18.7. The molecule has 140 valence electrons. The molecule has 0 aliphatic heterocycles. The van der Waals surface area contributed by atoms with Crippen molar-refractivity contribution in [3.63, 3.8) is 0 Å². The van der Waals surface area contributed by atoms with Crippen LogP contribution in [0, 0.1) is 18.7 Å². The molecule has 0 unspecified atom stereocenters. The van der Waals surface area contributed by atoms with Gasteiger partial charge in [-0.1, -0.05) is 47.5 Å². The number of rotatable bonds is 4. The number of hydrogen-bond donors (Lipinski definition) is 0. The molecule has 0 fully saturated rings. The summed E-state index contributed by atoms with van der Waals surface area (Å²) in [4.78, 5) is 25.3. The smallest absolute Gasteiger partial charge is 0.317 e. The van der Waals surface area contributed by atoms with Crippen LogP contribution < -0.4 is 0 Å². The van der Waals surface area contributed by atoms with Gasteiger partial charge in [-0.15, -0.1) is 0 Å². The van der Waals surface area contributed by atoms with Crippen molar-refractivity contribution < 1.29 is 18.7 Å². The summed E-state index contributed by atoms with van der Waals surface area (Å²) in [7, 11) is 0. The van der Waals surface area contributed by atoms with Crippen molar-refractivity contribution in [2.75, 3.05) is 6.61 Å². The van der Waals surface area contributed by atoms with Crippen LogP contribution in [0.25, 0.3) is 5.57 Å². The normalized spacial score (nSPS) is 19.6. The number of ether oxygens (including phenoxy) is 1. The molecule has 0 saturated heterocycles. The van der Waals surface area contributed by atoms with Gasteiger partial charge >= 0.3 is 5.97 Å². The number of esters is 1. The first-order valence-corrected chi connectivity index (χ1v) is 9.21. The Bertz CT molecular complexity index is 902. The minimum atomic E-state index is -0.958. The molecular weight excluding hydrogens is 367 g/mol. The predicted octanol–water partition coefficient (Wildman–Crippen LogP) is 5.11. The van der Waals surface area contributed by atoms with E-state index in [9.17, 15) is 14.0 Å². The van der Waals surface area contributed by atoms with Gasteiger partial charge in [0.25, 0.3) is 0 Å². The highest BCUT2D eigenvalue weighted by Gasteiger charge is 2.39. The van der Waals surface area contributed by atoms with Crippen molar-refractivity contribution in [2.45, 2.75) is 26.2 Å². The molecule has 2 aromatic carbocycles. The van der Waals surface area contributed by atoms with E-state index in [1.807, 2.05) is 31.2 Å². The number of carbonyl (C=O) groups is 2. The van der Waals surface area contributed by atoms with Crippen LogP contribution in [0.4, 0.5) is 4.39 Å². The molecule has 0 bridgehead atoms. The van der Waals surface area contributed by atoms with Gasteiger partial charge in [0.1, 0.15) is 11.7 Å². The molecule has 0 amide bonds. The quantitative estimate of drug-likeness (QED) is 0.542. The van der Waals surface area contributed by atoms with E-state index in [0.717, 1.165) is 16.7 Å². The van der Waals surface area contributed by atoms with Crippen LogP contribution in [-0.4, -0.2) is 18.4 Å². The van der Waals surface area contributed by atoms with E-state index in [0.29, 0.717) is 12.0 Å². The maximum atomic E-state index is 13.6. The van der Waals surface area contributed by atoms with Crippen molar-refractivity contribution >= 4 is 28.9 Å². The Morgan fingerprint density at radius 3 is 2.56 bits per heavy atom. The SMILES string of the molecule is CCOC(=O)[C@@H]1C(=O)C=C(c2ccc(C)cc2)C[C@H]1c1ccc(F)c(Cl)c1. The molecule has 0 radical (unpaired) electrons. The van der Waals surface area contributed by atoms with Crippen molar-refractivity contribution in [2.24, 2.45) is 5.92 Å².